The summed E-state index contributed by atoms with van der Waals surface area (Å²) in [5.41, 5.74) is 12.2. The maximum atomic E-state index is 13.4. The topological polar surface area (TPSA) is 32.5 Å². The highest BCUT2D eigenvalue weighted by molar-refractivity contribution is 8.00. The second-order valence-electron chi connectivity index (χ2n) is 14.2. The van der Waals surface area contributed by atoms with Crippen molar-refractivity contribution in [2.24, 2.45) is 0 Å². The first kappa shape index (κ1) is 33.8. The normalized spacial score (nSPS) is 19.6. The van der Waals surface area contributed by atoms with E-state index in [0.29, 0.717) is 5.76 Å². The Morgan fingerprint density at radius 2 is 1.58 bits per heavy atom. The molecule has 6 rings (SSSR count). The van der Waals surface area contributed by atoms with Gasteiger partial charge in [0.25, 0.3) is 0 Å². The van der Waals surface area contributed by atoms with Gasteiger partial charge in [-0.3, -0.25) is 4.79 Å². The van der Waals surface area contributed by atoms with E-state index in [2.05, 4.69) is 126 Å². The van der Waals surface area contributed by atoms with Gasteiger partial charge in [0.1, 0.15) is 12.3 Å². The first-order valence-corrected chi connectivity index (χ1v) is 18.3. The molecule has 248 valence electrons. The molecule has 0 saturated carbocycles. The van der Waals surface area contributed by atoms with Crippen molar-refractivity contribution in [3.8, 4) is 0 Å². The van der Waals surface area contributed by atoms with Crippen LogP contribution in [-0.4, -0.2) is 35.1 Å². The van der Waals surface area contributed by atoms with Crippen LogP contribution in [0.3, 0.4) is 0 Å². The summed E-state index contributed by atoms with van der Waals surface area (Å²) < 4.78 is 8.71. The number of anilines is 1. The number of likely N-dealkylation sites (N-methyl/N-ethyl adjacent to an activating group) is 1. The summed E-state index contributed by atoms with van der Waals surface area (Å²) in [5.74, 6) is 0.741. The molecule has 0 fully saturated rings. The zero-order valence-corrected chi connectivity index (χ0v) is 30.6. The molecule has 0 unspecified atom stereocenters. The van der Waals surface area contributed by atoms with E-state index < -0.39 is 0 Å². The van der Waals surface area contributed by atoms with Crippen molar-refractivity contribution in [2.45, 2.75) is 84.0 Å². The smallest absolute Gasteiger partial charge is 0.321 e. The molecule has 3 aromatic carbocycles. The molecule has 5 heteroatoms. The summed E-state index contributed by atoms with van der Waals surface area (Å²) in [7, 11) is 0. The average Bonchev–Trinajstić information content (AvgIpc) is 3.62. The van der Waals surface area contributed by atoms with Gasteiger partial charge in [-0.1, -0.05) is 67.4 Å². The SMILES string of the molecule is CCN1/C(=C/C=C2\CCC(/C=C/C3=[N+](CC)c4ccc(C)cc4C3(C)C)=C2OC(=O)CSc2ccccc2)C(C)(C)c2cc(C)ccc21. The molecule has 1 aliphatic carbocycles. The molecule has 2 heterocycles. The third kappa shape index (κ3) is 6.25. The molecule has 0 bridgehead atoms. The summed E-state index contributed by atoms with van der Waals surface area (Å²) in [5, 5.41) is 0. The van der Waals surface area contributed by atoms with Crippen LogP contribution in [0.2, 0.25) is 0 Å². The van der Waals surface area contributed by atoms with E-state index in [9.17, 15) is 4.79 Å². The summed E-state index contributed by atoms with van der Waals surface area (Å²) >= 11 is 1.51. The molecule has 4 nitrogen and oxygen atoms in total. The minimum atomic E-state index is -0.226. The largest absolute Gasteiger partial charge is 0.425 e. The van der Waals surface area contributed by atoms with Gasteiger partial charge in [0.2, 0.25) is 5.69 Å². The second-order valence-corrected chi connectivity index (χ2v) is 15.2. The van der Waals surface area contributed by atoms with Crippen LogP contribution in [0.1, 0.15) is 76.6 Å². The van der Waals surface area contributed by atoms with Crippen LogP contribution in [0.15, 0.2) is 119 Å². The van der Waals surface area contributed by atoms with Crippen molar-refractivity contribution in [2.75, 3.05) is 23.7 Å². The average molecular weight is 658 g/mol. The van der Waals surface area contributed by atoms with Crippen LogP contribution in [0.4, 0.5) is 11.4 Å². The first-order chi connectivity index (χ1) is 22.9. The third-order valence-corrected chi connectivity index (χ3v) is 11.2. The van der Waals surface area contributed by atoms with Gasteiger partial charge in [-0.25, -0.2) is 0 Å². The van der Waals surface area contributed by atoms with Gasteiger partial charge >= 0.3 is 5.97 Å². The van der Waals surface area contributed by atoms with Gasteiger partial charge in [0, 0.05) is 45.9 Å². The minimum Gasteiger partial charge on any atom is -0.425 e. The number of fused-ring (bicyclic) bond motifs is 2. The molecule has 3 aliphatic rings. The van der Waals surface area contributed by atoms with Crippen LogP contribution in [0.25, 0.3) is 0 Å². The number of hydrogen-bond donors (Lipinski definition) is 0. The highest BCUT2D eigenvalue weighted by Crippen LogP contribution is 2.48. The zero-order valence-electron chi connectivity index (χ0n) is 29.8. The van der Waals surface area contributed by atoms with E-state index in [0.717, 1.165) is 42.0 Å². The Kier molecular flexibility index (Phi) is 9.46. The van der Waals surface area contributed by atoms with E-state index >= 15 is 0 Å². The standard InChI is InChI=1S/C43H49N2O2S/c1-9-44-36-22-16-29(3)26-34(36)42(5,6)38(44)24-20-31-18-19-32(41(31)47-40(46)28-48-33-14-12-11-13-15-33)21-25-39-43(7,8)35-27-30(4)17-23-37(35)45(39)10-2/h11-17,20-27H,9-10,18-19,28H2,1-8H3/q+1. The predicted octanol–water partition coefficient (Wildman–Crippen LogP) is 10.3. The van der Waals surface area contributed by atoms with Crippen LogP contribution >= 0.6 is 11.8 Å². The highest BCUT2D eigenvalue weighted by Gasteiger charge is 2.44. The lowest BCUT2D eigenvalue weighted by Gasteiger charge is -2.26. The number of esters is 1. The van der Waals surface area contributed by atoms with Gasteiger partial charge < -0.3 is 9.64 Å². The van der Waals surface area contributed by atoms with E-state index in [1.54, 1.807) is 0 Å². The Hall–Kier alpha value is -4.09. The maximum Gasteiger partial charge on any atom is 0.321 e. The van der Waals surface area contributed by atoms with Crippen LogP contribution in [0, 0.1) is 13.8 Å². The molecule has 0 aromatic heterocycles. The lowest BCUT2D eigenvalue weighted by molar-refractivity contribution is -0.433. The molecule has 0 saturated heterocycles. The van der Waals surface area contributed by atoms with Gasteiger partial charge in [-0.15, -0.1) is 11.8 Å². The Morgan fingerprint density at radius 3 is 2.29 bits per heavy atom. The molecule has 0 N–H and O–H groups in total. The molecule has 0 atom stereocenters. The van der Waals surface area contributed by atoms with Crippen molar-refractivity contribution in [3.63, 3.8) is 0 Å². The van der Waals surface area contributed by atoms with Gasteiger partial charge in [-0.2, -0.15) is 4.58 Å². The fourth-order valence-electron chi connectivity index (χ4n) is 7.57. The second kappa shape index (κ2) is 13.4. The Morgan fingerprint density at radius 1 is 0.875 bits per heavy atom. The number of benzene rings is 3. The highest BCUT2D eigenvalue weighted by atomic mass is 32.2. The summed E-state index contributed by atoms with van der Waals surface area (Å²) in [6.45, 7) is 19.8. The van der Waals surface area contributed by atoms with Gasteiger partial charge in [-0.05, 0) is 108 Å². The number of carbonyl (C=O) groups excluding carboxylic acids is 1. The minimum absolute atomic E-state index is 0.135. The number of ether oxygens (including phenoxy) is 1. The van der Waals surface area contributed by atoms with Gasteiger partial charge in [0.05, 0.1) is 11.2 Å². The van der Waals surface area contributed by atoms with E-state index in [-0.39, 0.29) is 22.6 Å². The molecule has 0 spiro atoms. The quantitative estimate of drug-likeness (QED) is 0.130. The van der Waals surface area contributed by atoms with Crippen molar-refractivity contribution < 1.29 is 14.1 Å². The van der Waals surface area contributed by atoms with Crippen molar-refractivity contribution in [1.29, 1.82) is 0 Å². The molecule has 0 radical (unpaired) electrons. The number of thioether (sulfide) groups is 1. The number of carbonyl (C=O) groups is 1. The summed E-state index contributed by atoms with van der Waals surface area (Å²) in [4.78, 5) is 16.9. The number of aryl methyl sites for hydroxylation is 2. The Bertz CT molecular complexity index is 1910. The molecule has 2 aliphatic heterocycles. The van der Waals surface area contributed by atoms with Crippen molar-refractivity contribution >= 4 is 34.8 Å². The molecule has 0 amide bonds. The maximum absolute atomic E-state index is 13.4. The number of rotatable bonds is 9. The summed E-state index contributed by atoms with van der Waals surface area (Å²) in [6, 6.07) is 23.6. The molecule has 48 heavy (non-hydrogen) atoms. The number of hydrogen-bond acceptors (Lipinski definition) is 4. The van der Waals surface area contributed by atoms with E-state index in [1.807, 2.05) is 30.3 Å². The fourth-order valence-corrected chi connectivity index (χ4v) is 8.27. The van der Waals surface area contributed by atoms with Gasteiger partial charge in [0.15, 0.2) is 5.71 Å². The lowest BCUT2D eigenvalue weighted by atomic mass is 9.80. The molecule has 3 aromatic rings. The summed E-state index contributed by atoms with van der Waals surface area (Å²) in [6.07, 6.45) is 10.6. The Balaban J connectivity index is 1.37. The molecular weight excluding hydrogens is 609 g/mol. The number of allylic oxidation sites excluding steroid dienone is 7. The van der Waals surface area contributed by atoms with E-state index in [1.165, 1.54) is 56.8 Å². The van der Waals surface area contributed by atoms with Crippen LogP contribution < -0.4 is 4.90 Å². The fraction of sp³-hybridized carbons (Fsp3) is 0.349. The van der Waals surface area contributed by atoms with E-state index in [4.69, 9.17) is 4.74 Å². The van der Waals surface area contributed by atoms with Crippen LogP contribution in [-0.2, 0) is 20.4 Å². The molecular formula is C43H49N2O2S+. The predicted molar refractivity (Wildman–Crippen MR) is 202 cm³/mol. The van der Waals surface area contributed by atoms with Crippen molar-refractivity contribution in [3.05, 3.63) is 136 Å². The number of nitrogens with zero attached hydrogens (tertiary/aromatic N) is 2. The van der Waals surface area contributed by atoms with Crippen LogP contribution in [0.5, 0.6) is 0 Å². The third-order valence-electron chi connectivity index (χ3n) is 10.2. The lowest BCUT2D eigenvalue weighted by Crippen LogP contribution is -2.27. The first-order valence-electron chi connectivity index (χ1n) is 17.3. The van der Waals surface area contributed by atoms with Crippen molar-refractivity contribution in [1.82, 2.24) is 0 Å². The zero-order chi connectivity index (χ0) is 34.2. The monoisotopic (exact) mass is 657 g/mol. The Labute approximate surface area is 291 Å².